The number of likely N-dealkylation sites (tertiary alicyclic amines) is 2. The summed E-state index contributed by atoms with van der Waals surface area (Å²) in [6.45, 7) is 8.09. The summed E-state index contributed by atoms with van der Waals surface area (Å²) in [4.78, 5) is 22.2. The number of rotatable bonds is 4. The molecule has 5 nitrogen and oxygen atoms in total. The van der Waals surface area contributed by atoms with Crippen LogP contribution in [0.3, 0.4) is 0 Å². The summed E-state index contributed by atoms with van der Waals surface area (Å²) in [5, 5.41) is 0. The second-order valence-corrected chi connectivity index (χ2v) is 7.85. The summed E-state index contributed by atoms with van der Waals surface area (Å²) in [5.41, 5.74) is 1.76. The van der Waals surface area contributed by atoms with Crippen molar-refractivity contribution < 1.29 is 9.21 Å². The van der Waals surface area contributed by atoms with Gasteiger partial charge in [0, 0.05) is 18.8 Å². The van der Waals surface area contributed by atoms with Crippen molar-refractivity contribution in [1.82, 2.24) is 14.8 Å². The maximum absolute atomic E-state index is 13.2. The number of carbonyl (C=O) groups is 1. The van der Waals surface area contributed by atoms with E-state index in [9.17, 15) is 4.79 Å². The highest BCUT2D eigenvalue weighted by Gasteiger charge is 2.48. The molecule has 2 aromatic heterocycles. The maximum Gasteiger partial charge on any atom is 0.230 e. The topological polar surface area (TPSA) is 49.6 Å². The quantitative estimate of drug-likeness (QED) is 0.846. The lowest BCUT2D eigenvalue weighted by atomic mass is 9.78. The molecule has 0 bridgehead atoms. The molecule has 26 heavy (non-hydrogen) atoms. The van der Waals surface area contributed by atoms with E-state index < -0.39 is 0 Å². The number of pyridine rings is 1. The fourth-order valence-corrected chi connectivity index (χ4v) is 4.46. The van der Waals surface area contributed by atoms with E-state index in [1.54, 1.807) is 0 Å². The van der Waals surface area contributed by atoms with Gasteiger partial charge in [0.15, 0.2) is 0 Å². The summed E-state index contributed by atoms with van der Waals surface area (Å²) in [5.74, 6) is 2.24. The molecule has 2 aliphatic rings. The van der Waals surface area contributed by atoms with E-state index in [0.717, 1.165) is 68.3 Å². The molecule has 2 saturated heterocycles. The van der Waals surface area contributed by atoms with Crippen LogP contribution in [0.2, 0.25) is 0 Å². The first-order chi connectivity index (χ1) is 12.5. The highest BCUT2D eigenvalue weighted by Crippen LogP contribution is 2.41. The highest BCUT2D eigenvalue weighted by molar-refractivity contribution is 5.85. The van der Waals surface area contributed by atoms with Crippen LogP contribution in [0.15, 0.2) is 34.7 Å². The molecule has 0 aliphatic carbocycles. The highest BCUT2D eigenvalue weighted by atomic mass is 16.3. The van der Waals surface area contributed by atoms with Crippen molar-refractivity contribution in [1.29, 1.82) is 0 Å². The average molecular weight is 353 g/mol. The lowest BCUT2D eigenvalue weighted by Gasteiger charge is -2.38. The van der Waals surface area contributed by atoms with Gasteiger partial charge in [0.05, 0.1) is 24.2 Å². The minimum absolute atomic E-state index is 0.219. The molecule has 1 spiro atoms. The first-order valence-corrected chi connectivity index (χ1v) is 9.54. The van der Waals surface area contributed by atoms with Crippen LogP contribution in [0.5, 0.6) is 0 Å². The lowest BCUT2D eigenvalue weighted by Crippen LogP contribution is -2.47. The fourth-order valence-electron chi connectivity index (χ4n) is 4.46. The van der Waals surface area contributed by atoms with E-state index in [1.807, 2.05) is 49.1 Å². The molecule has 138 valence electrons. The molecule has 1 amide bonds. The van der Waals surface area contributed by atoms with Gasteiger partial charge in [0.1, 0.15) is 11.5 Å². The molecule has 4 rings (SSSR count). The molecule has 2 aromatic rings. The number of amides is 1. The first-order valence-electron chi connectivity index (χ1n) is 9.54. The molecule has 5 heteroatoms. The molecule has 1 unspecified atom stereocenters. The van der Waals surface area contributed by atoms with E-state index >= 15 is 0 Å². The Labute approximate surface area is 155 Å². The maximum atomic E-state index is 13.2. The zero-order valence-corrected chi connectivity index (χ0v) is 15.7. The zero-order chi connectivity index (χ0) is 18.1. The second-order valence-electron chi connectivity index (χ2n) is 7.85. The summed E-state index contributed by atoms with van der Waals surface area (Å²) >= 11 is 0. The van der Waals surface area contributed by atoms with Gasteiger partial charge in [0.25, 0.3) is 0 Å². The van der Waals surface area contributed by atoms with E-state index in [2.05, 4.69) is 9.88 Å². The van der Waals surface area contributed by atoms with Crippen LogP contribution in [0.4, 0.5) is 0 Å². The van der Waals surface area contributed by atoms with Gasteiger partial charge in [-0.15, -0.1) is 0 Å². The third kappa shape index (κ3) is 3.40. The van der Waals surface area contributed by atoms with Gasteiger partial charge in [-0.2, -0.15) is 0 Å². The van der Waals surface area contributed by atoms with Crippen LogP contribution < -0.4 is 0 Å². The summed E-state index contributed by atoms with van der Waals surface area (Å²) < 4.78 is 5.73. The van der Waals surface area contributed by atoms with Crippen LogP contribution >= 0.6 is 0 Å². The van der Waals surface area contributed by atoms with Crippen LogP contribution in [-0.4, -0.2) is 40.3 Å². The van der Waals surface area contributed by atoms with Gasteiger partial charge in [-0.05, 0) is 63.9 Å². The van der Waals surface area contributed by atoms with Gasteiger partial charge < -0.3 is 9.32 Å². The SMILES string of the molecule is Cc1cccc(CN2CCC3(CCCN(Cc4ccc(C)o4)C3)C2=O)n1. The van der Waals surface area contributed by atoms with Gasteiger partial charge in [-0.1, -0.05) is 6.07 Å². The van der Waals surface area contributed by atoms with E-state index in [0.29, 0.717) is 12.5 Å². The third-order valence-electron chi connectivity index (χ3n) is 5.73. The first kappa shape index (κ1) is 17.3. The Morgan fingerprint density at radius 3 is 2.77 bits per heavy atom. The molecule has 4 heterocycles. The number of hydrogen-bond donors (Lipinski definition) is 0. The Bertz CT molecular complexity index is 800. The Morgan fingerprint density at radius 2 is 2.00 bits per heavy atom. The molecule has 0 N–H and O–H groups in total. The van der Waals surface area contributed by atoms with Crippen molar-refractivity contribution >= 4 is 5.91 Å². The van der Waals surface area contributed by atoms with Crippen molar-refractivity contribution in [2.75, 3.05) is 19.6 Å². The normalized spacial score (nSPS) is 23.9. The van der Waals surface area contributed by atoms with Crippen molar-refractivity contribution in [3.8, 4) is 0 Å². The summed E-state index contributed by atoms with van der Waals surface area (Å²) in [6.07, 6.45) is 3.02. The molecule has 1 atom stereocenters. The number of nitrogens with zero attached hydrogens (tertiary/aromatic N) is 3. The monoisotopic (exact) mass is 353 g/mol. The van der Waals surface area contributed by atoms with Crippen LogP contribution in [0.25, 0.3) is 0 Å². The molecule has 0 aromatic carbocycles. The molecular formula is C21H27N3O2. The Hall–Kier alpha value is -2.14. The zero-order valence-electron chi connectivity index (χ0n) is 15.7. The Morgan fingerprint density at radius 1 is 1.12 bits per heavy atom. The van der Waals surface area contributed by atoms with E-state index in [1.165, 1.54) is 0 Å². The molecule has 0 radical (unpaired) electrons. The van der Waals surface area contributed by atoms with E-state index in [4.69, 9.17) is 4.42 Å². The van der Waals surface area contributed by atoms with Crippen molar-refractivity contribution in [2.24, 2.45) is 5.41 Å². The number of hydrogen-bond acceptors (Lipinski definition) is 4. The van der Waals surface area contributed by atoms with Gasteiger partial charge in [0.2, 0.25) is 5.91 Å². The Kier molecular flexibility index (Phi) is 4.57. The molecule has 0 saturated carbocycles. The Balaban J connectivity index is 1.43. The van der Waals surface area contributed by atoms with E-state index in [-0.39, 0.29) is 5.41 Å². The van der Waals surface area contributed by atoms with Crippen LogP contribution in [-0.2, 0) is 17.9 Å². The number of aromatic nitrogens is 1. The average Bonchev–Trinajstić information content (AvgIpc) is 3.14. The van der Waals surface area contributed by atoms with Crippen LogP contribution in [0.1, 0.15) is 42.2 Å². The van der Waals surface area contributed by atoms with Crippen molar-refractivity contribution in [3.63, 3.8) is 0 Å². The number of aryl methyl sites for hydroxylation is 2. The van der Waals surface area contributed by atoms with Gasteiger partial charge in [-0.25, -0.2) is 0 Å². The summed E-state index contributed by atoms with van der Waals surface area (Å²) in [6, 6.07) is 10.1. The smallest absolute Gasteiger partial charge is 0.230 e. The molecule has 2 fully saturated rings. The third-order valence-corrected chi connectivity index (χ3v) is 5.73. The molecule has 2 aliphatic heterocycles. The molecular weight excluding hydrogens is 326 g/mol. The fraction of sp³-hybridized carbons (Fsp3) is 0.524. The standard InChI is InChI=1S/C21H27N3O2/c1-16-5-3-6-18(22-16)13-24-12-10-21(20(24)25)9-4-11-23(15-21)14-19-8-7-17(2)26-19/h3,5-8H,4,9-15H2,1-2H3. The second kappa shape index (κ2) is 6.88. The predicted molar refractivity (Wildman–Crippen MR) is 99.4 cm³/mol. The van der Waals surface area contributed by atoms with Crippen molar-refractivity contribution in [2.45, 2.75) is 46.2 Å². The van der Waals surface area contributed by atoms with Gasteiger partial charge in [-0.3, -0.25) is 14.7 Å². The number of furan rings is 1. The van der Waals surface area contributed by atoms with Gasteiger partial charge >= 0.3 is 0 Å². The van der Waals surface area contributed by atoms with Crippen molar-refractivity contribution in [3.05, 3.63) is 53.2 Å². The predicted octanol–water partition coefficient (Wildman–Crippen LogP) is 3.31. The van der Waals surface area contributed by atoms with Crippen LogP contribution in [0, 0.1) is 19.3 Å². The lowest BCUT2D eigenvalue weighted by molar-refractivity contribution is -0.139. The summed E-state index contributed by atoms with van der Waals surface area (Å²) in [7, 11) is 0. The number of piperidine rings is 1. The largest absolute Gasteiger partial charge is 0.465 e. The minimum atomic E-state index is -0.219. The minimum Gasteiger partial charge on any atom is -0.465 e. The number of carbonyl (C=O) groups excluding carboxylic acids is 1.